The number of hydrogen-bond acceptors (Lipinski definition) is 3. The fourth-order valence-corrected chi connectivity index (χ4v) is 4.44. The number of thiophene rings is 1. The van der Waals surface area contributed by atoms with Gasteiger partial charge >= 0.3 is 0 Å². The molecular weight excluding hydrogens is 316 g/mol. The minimum Gasteiger partial charge on any atom is -0.343 e. The van der Waals surface area contributed by atoms with Crippen LogP contribution in [-0.4, -0.2) is 31.4 Å². The lowest BCUT2D eigenvalue weighted by atomic mass is 9.90. The third kappa shape index (κ3) is 4.05. The maximum Gasteiger partial charge on any atom is 0.261 e. The quantitative estimate of drug-likeness (QED) is 0.893. The van der Waals surface area contributed by atoms with Gasteiger partial charge in [0.15, 0.2) is 0 Å². The van der Waals surface area contributed by atoms with E-state index in [0.29, 0.717) is 0 Å². The number of amides is 1. The fraction of sp³-hybridized carbons (Fsp3) is 0.450. The van der Waals surface area contributed by atoms with Gasteiger partial charge in [-0.2, -0.15) is 0 Å². The van der Waals surface area contributed by atoms with Crippen molar-refractivity contribution in [2.24, 2.45) is 5.92 Å². The Morgan fingerprint density at radius 3 is 2.79 bits per heavy atom. The Bertz CT molecular complexity index is 693. The van der Waals surface area contributed by atoms with Crippen LogP contribution in [0.1, 0.15) is 45.1 Å². The largest absolute Gasteiger partial charge is 0.343 e. The molecule has 0 aliphatic heterocycles. The van der Waals surface area contributed by atoms with Gasteiger partial charge in [-0.05, 0) is 56.5 Å². The lowest BCUT2D eigenvalue weighted by Crippen LogP contribution is -2.35. The molecule has 0 saturated heterocycles. The average molecular weight is 343 g/mol. The fourth-order valence-electron chi connectivity index (χ4n) is 3.33. The van der Waals surface area contributed by atoms with Gasteiger partial charge in [-0.25, -0.2) is 0 Å². The van der Waals surface area contributed by atoms with Crippen LogP contribution in [0.15, 0.2) is 36.4 Å². The molecule has 1 aliphatic rings. The number of benzene rings is 1. The molecular formula is C20H26N2OS. The second-order valence-corrected chi connectivity index (χ2v) is 8.24. The van der Waals surface area contributed by atoms with Crippen LogP contribution in [-0.2, 0) is 12.8 Å². The first-order valence-electron chi connectivity index (χ1n) is 8.65. The molecule has 4 heteroatoms. The third-order valence-corrected chi connectivity index (χ3v) is 5.84. The first kappa shape index (κ1) is 17.2. The smallest absolute Gasteiger partial charge is 0.261 e. The number of aryl methyl sites for hydroxylation is 1. The molecule has 24 heavy (non-hydrogen) atoms. The average Bonchev–Trinajstić information content (AvgIpc) is 2.98. The summed E-state index contributed by atoms with van der Waals surface area (Å²) >= 11 is 1.68. The molecule has 1 aromatic heterocycles. The Balaban J connectivity index is 1.76. The Hall–Kier alpha value is -1.65. The molecule has 0 bridgehead atoms. The van der Waals surface area contributed by atoms with E-state index in [1.165, 1.54) is 16.9 Å². The van der Waals surface area contributed by atoms with Crippen LogP contribution < -0.4 is 5.32 Å². The van der Waals surface area contributed by atoms with Crippen molar-refractivity contribution in [3.05, 3.63) is 57.3 Å². The zero-order valence-corrected chi connectivity index (χ0v) is 15.5. The Kier molecular flexibility index (Phi) is 5.36. The van der Waals surface area contributed by atoms with Crippen LogP contribution in [0.25, 0.3) is 0 Å². The van der Waals surface area contributed by atoms with E-state index in [9.17, 15) is 4.79 Å². The predicted octanol–water partition coefficient (Wildman–Crippen LogP) is 3.91. The van der Waals surface area contributed by atoms with Crippen LogP contribution in [0.3, 0.4) is 0 Å². The monoisotopic (exact) mass is 342 g/mol. The summed E-state index contributed by atoms with van der Waals surface area (Å²) in [4.78, 5) is 17.2. The van der Waals surface area contributed by atoms with E-state index >= 15 is 0 Å². The lowest BCUT2D eigenvalue weighted by molar-refractivity contribution is 0.0934. The number of nitrogens with zero attached hydrogens (tertiary/aromatic N) is 1. The zero-order chi connectivity index (χ0) is 17.1. The Morgan fingerprint density at radius 1 is 1.33 bits per heavy atom. The third-order valence-electron chi connectivity index (χ3n) is 4.61. The number of carbonyl (C=O) groups is 1. The summed E-state index contributed by atoms with van der Waals surface area (Å²) < 4.78 is 0. The molecule has 0 spiro atoms. The highest BCUT2D eigenvalue weighted by atomic mass is 32.1. The highest BCUT2D eigenvalue weighted by Crippen LogP contribution is 2.32. The summed E-state index contributed by atoms with van der Waals surface area (Å²) in [5, 5.41) is 3.23. The Morgan fingerprint density at radius 2 is 2.08 bits per heavy atom. The highest BCUT2D eigenvalue weighted by molar-refractivity contribution is 7.14. The number of hydrogen-bond donors (Lipinski definition) is 1. The van der Waals surface area contributed by atoms with Gasteiger partial charge in [-0.1, -0.05) is 37.3 Å². The van der Waals surface area contributed by atoms with Crippen molar-refractivity contribution in [3.63, 3.8) is 0 Å². The van der Waals surface area contributed by atoms with Gasteiger partial charge < -0.3 is 10.2 Å². The molecule has 0 radical (unpaired) electrons. The standard InChI is InChI=1S/C20H26N2OS/c1-14-9-10-18-16(11-14)12-19(24-18)20(23)21-17(13-22(2)3)15-7-5-4-6-8-15/h4-8,12,14,17H,9-11,13H2,1-3H3,(H,21,23)/t14-,17+/m0/s1. The molecule has 128 valence electrons. The van der Waals surface area contributed by atoms with Gasteiger partial charge in [0.25, 0.3) is 5.91 Å². The summed E-state index contributed by atoms with van der Waals surface area (Å²) in [5.41, 5.74) is 2.53. The number of rotatable bonds is 5. The molecule has 0 saturated carbocycles. The second kappa shape index (κ2) is 7.49. The molecule has 3 nitrogen and oxygen atoms in total. The van der Waals surface area contributed by atoms with Crippen LogP contribution in [0.2, 0.25) is 0 Å². The first-order chi connectivity index (χ1) is 11.5. The van der Waals surface area contributed by atoms with Gasteiger partial charge in [-0.3, -0.25) is 4.79 Å². The molecule has 2 aromatic rings. The maximum atomic E-state index is 12.8. The van der Waals surface area contributed by atoms with Crippen LogP contribution in [0.4, 0.5) is 0 Å². The maximum absolute atomic E-state index is 12.8. The van der Waals surface area contributed by atoms with Crippen molar-refractivity contribution < 1.29 is 4.79 Å². The molecule has 1 amide bonds. The first-order valence-corrected chi connectivity index (χ1v) is 9.46. The number of nitrogens with one attached hydrogen (secondary N) is 1. The van der Waals surface area contributed by atoms with Crippen LogP contribution >= 0.6 is 11.3 Å². The summed E-state index contributed by atoms with van der Waals surface area (Å²) in [6, 6.07) is 12.3. The molecule has 3 rings (SSSR count). The summed E-state index contributed by atoms with van der Waals surface area (Å²) in [7, 11) is 4.07. The van der Waals surface area contributed by atoms with E-state index in [4.69, 9.17) is 0 Å². The van der Waals surface area contributed by atoms with Crippen molar-refractivity contribution in [1.82, 2.24) is 10.2 Å². The van der Waals surface area contributed by atoms with Crippen molar-refractivity contribution in [3.8, 4) is 0 Å². The van der Waals surface area contributed by atoms with E-state index in [1.54, 1.807) is 11.3 Å². The molecule has 1 heterocycles. The van der Waals surface area contributed by atoms with Gasteiger partial charge in [0.1, 0.15) is 0 Å². The molecule has 0 fully saturated rings. The van der Waals surface area contributed by atoms with Crippen molar-refractivity contribution in [2.45, 2.75) is 32.2 Å². The van der Waals surface area contributed by atoms with E-state index in [0.717, 1.165) is 35.7 Å². The summed E-state index contributed by atoms with van der Waals surface area (Å²) in [5.74, 6) is 0.784. The Labute approximate surface area is 148 Å². The van der Waals surface area contributed by atoms with Crippen molar-refractivity contribution >= 4 is 17.2 Å². The molecule has 0 unspecified atom stereocenters. The summed E-state index contributed by atoms with van der Waals surface area (Å²) in [6.45, 7) is 3.08. The molecule has 1 N–H and O–H groups in total. The van der Waals surface area contributed by atoms with Gasteiger partial charge in [0, 0.05) is 11.4 Å². The minimum absolute atomic E-state index is 0.00625. The number of carbonyl (C=O) groups excluding carboxylic acids is 1. The second-order valence-electron chi connectivity index (χ2n) is 7.11. The van der Waals surface area contributed by atoms with E-state index in [2.05, 4.69) is 35.3 Å². The van der Waals surface area contributed by atoms with Crippen LogP contribution in [0, 0.1) is 5.92 Å². The molecule has 1 aromatic carbocycles. The van der Waals surface area contributed by atoms with Crippen LogP contribution in [0.5, 0.6) is 0 Å². The minimum atomic E-state index is 0.00625. The normalized spacial score (nSPS) is 18.2. The van der Waals surface area contributed by atoms with Crippen molar-refractivity contribution in [2.75, 3.05) is 20.6 Å². The number of likely N-dealkylation sites (N-methyl/N-ethyl adjacent to an activating group) is 1. The van der Waals surface area contributed by atoms with Gasteiger partial charge in [-0.15, -0.1) is 11.3 Å². The van der Waals surface area contributed by atoms with E-state index < -0.39 is 0 Å². The predicted molar refractivity (Wildman–Crippen MR) is 101 cm³/mol. The molecule has 1 aliphatic carbocycles. The zero-order valence-electron chi connectivity index (χ0n) is 14.7. The SMILES string of the molecule is C[C@H]1CCc2sc(C(=O)N[C@H](CN(C)C)c3ccccc3)cc2C1. The van der Waals surface area contributed by atoms with Crippen molar-refractivity contribution in [1.29, 1.82) is 0 Å². The van der Waals surface area contributed by atoms with Gasteiger partial charge in [0.05, 0.1) is 10.9 Å². The summed E-state index contributed by atoms with van der Waals surface area (Å²) in [6.07, 6.45) is 3.47. The van der Waals surface area contributed by atoms with E-state index in [1.807, 2.05) is 32.3 Å². The lowest BCUT2D eigenvalue weighted by Gasteiger charge is -2.22. The van der Waals surface area contributed by atoms with E-state index in [-0.39, 0.29) is 11.9 Å². The topological polar surface area (TPSA) is 32.3 Å². The van der Waals surface area contributed by atoms with Gasteiger partial charge in [0.2, 0.25) is 0 Å². The molecule has 2 atom stereocenters. The highest BCUT2D eigenvalue weighted by Gasteiger charge is 2.22. The number of fused-ring (bicyclic) bond motifs is 1.